The number of carboxylic acid groups (broad SMARTS) is 1. The predicted octanol–water partition coefficient (Wildman–Crippen LogP) is 4.94. The number of halogens is 1. The van der Waals surface area contributed by atoms with Crippen LogP contribution in [-0.4, -0.2) is 76.1 Å². The number of hydrogen-bond donors (Lipinski definition) is 1. The van der Waals surface area contributed by atoms with Crippen LogP contribution in [0, 0.1) is 5.82 Å². The molecule has 2 aromatic carbocycles. The molecular weight excluding hydrogens is 591 g/mol. The van der Waals surface area contributed by atoms with Gasteiger partial charge in [0.25, 0.3) is 0 Å². The van der Waals surface area contributed by atoms with E-state index in [1.54, 1.807) is 30.3 Å². The van der Waals surface area contributed by atoms with Crippen LogP contribution in [0.15, 0.2) is 54.1 Å². The SMILES string of the molecule is O=C(O)c1ccc2nc(CN3CCC4=C(COCc5ccc(OCc6ccc(C7COC7)cc6F)nc54)C3)n(C[C@@H]3CCO3)c2c1. The van der Waals surface area contributed by atoms with Crippen LogP contribution in [0.5, 0.6) is 5.88 Å². The number of benzene rings is 2. The summed E-state index contributed by atoms with van der Waals surface area (Å²) in [6.45, 7) is 5.85. The van der Waals surface area contributed by atoms with Gasteiger partial charge < -0.3 is 28.6 Å². The van der Waals surface area contributed by atoms with E-state index in [0.717, 1.165) is 59.7 Å². The molecule has 2 saturated heterocycles. The fraction of sp³-hybridized carbons (Fsp3) is 0.400. The average molecular weight is 627 g/mol. The summed E-state index contributed by atoms with van der Waals surface area (Å²) in [6, 6.07) is 14.2. The van der Waals surface area contributed by atoms with E-state index >= 15 is 0 Å². The van der Waals surface area contributed by atoms with Gasteiger partial charge in [-0.15, -0.1) is 0 Å². The number of nitrogens with zero attached hydrogens (tertiary/aromatic N) is 4. The van der Waals surface area contributed by atoms with Crippen molar-refractivity contribution < 1.29 is 33.2 Å². The van der Waals surface area contributed by atoms with Gasteiger partial charge in [0.15, 0.2) is 0 Å². The smallest absolute Gasteiger partial charge is 0.335 e. The van der Waals surface area contributed by atoms with E-state index in [2.05, 4.69) is 9.47 Å². The molecule has 0 radical (unpaired) electrons. The molecule has 1 atom stereocenters. The van der Waals surface area contributed by atoms with Crippen LogP contribution < -0.4 is 4.74 Å². The van der Waals surface area contributed by atoms with Crippen LogP contribution in [0.4, 0.5) is 4.39 Å². The van der Waals surface area contributed by atoms with Crippen molar-refractivity contribution in [2.75, 3.05) is 39.5 Å². The first-order chi connectivity index (χ1) is 22.5. The zero-order valence-corrected chi connectivity index (χ0v) is 25.4. The highest BCUT2D eigenvalue weighted by molar-refractivity contribution is 5.92. The van der Waals surface area contributed by atoms with Gasteiger partial charge in [-0.05, 0) is 59.9 Å². The Balaban J connectivity index is 1.00. The maximum Gasteiger partial charge on any atom is 0.335 e. The minimum Gasteiger partial charge on any atom is -0.478 e. The number of carbonyl (C=O) groups is 1. The van der Waals surface area contributed by atoms with E-state index in [1.165, 1.54) is 11.1 Å². The van der Waals surface area contributed by atoms with E-state index < -0.39 is 5.97 Å². The van der Waals surface area contributed by atoms with Gasteiger partial charge >= 0.3 is 5.97 Å². The molecule has 0 unspecified atom stereocenters. The number of pyridine rings is 1. The summed E-state index contributed by atoms with van der Waals surface area (Å²) in [7, 11) is 0. The second-order valence-electron chi connectivity index (χ2n) is 12.5. The lowest BCUT2D eigenvalue weighted by molar-refractivity contribution is -0.0592. The number of fused-ring (bicyclic) bond motifs is 3. The second-order valence-corrected chi connectivity index (χ2v) is 12.5. The van der Waals surface area contributed by atoms with Gasteiger partial charge in [-0.2, -0.15) is 0 Å². The Morgan fingerprint density at radius 3 is 2.72 bits per heavy atom. The van der Waals surface area contributed by atoms with Crippen LogP contribution >= 0.6 is 0 Å². The first kappa shape index (κ1) is 29.3. The van der Waals surface area contributed by atoms with Gasteiger partial charge in [0.05, 0.1) is 67.9 Å². The molecular formula is C35H35FN4O6. The largest absolute Gasteiger partial charge is 0.478 e. The van der Waals surface area contributed by atoms with Crippen molar-refractivity contribution in [3.63, 3.8) is 0 Å². The topological polar surface area (TPSA) is 108 Å². The Kier molecular flexibility index (Phi) is 7.77. The molecule has 238 valence electrons. The maximum absolute atomic E-state index is 14.8. The molecule has 2 fully saturated rings. The second kappa shape index (κ2) is 12.2. The van der Waals surface area contributed by atoms with Gasteiger partial charge in [0, 0.05) is 42.8 Å². The van der Waals surface area contributed by atoms with Crippen molar-refractivity contribution >= 4 is 22.6 Å². The van der Waals surface area contributed by atoms with Gasteiger partial charge in [-0.1, -0.05) is 12.1 Å². The highest BCUT2D eigenvalue weighted by Gasteiger charge is 2.28. The Morgan fingerprint density at radius 2 is 1.96 bits per heavy atom. The maximum atomic E-state index is 14.8. The molecule has 8 rings (SSSR count). The number of imidazole rings is 1. The van der Waals surface area contributed by atoms with E-state index in [0.29, 0.717) is 57.5 Å². The summed E-state index contributed by atoms with van der Waals surface area (Å²) in [6.07, 6.45) is 1.87. The van der Waals surface area contributed by atoms with Crippen LogP contribution in [0.1, 0.15) is 57.3 Å². The Labute approximate surface area is 265 Å². The molecule has 11 heteroatoms. The highest BCUT2D eigenvalue weighted by Crippen LogP contribution is 2.34. The lowest BCUT2D eigenvalue weighted by Gasteiger charge is -2.31. The summed E-state index contributed by atoms with van der Waals surface area (Å²) in [5.41, 5.74) is 7.55. The first-order valence-electron chi connectivity index (χ1n) is 15.8. The third kappa shape index (κ3) is 5.68. The van der Waals surface area contributed by atoms with Gasteiger partial charge in [0.1, 0.15) is 18.2 Å². The molecule has 4 aliphatic heterocycles. The number of ether oxygens (including phenoxy) is 4. The Morgan fingerprint density at radius 1 is 1.07 bits per heavy atom. The summed E-state index contributed by atoms with van der Waals surface area (Å²) in [4.78, 5) is 23.9. The predicted molar refractivity (Wildman–Crippen MR) is 166 cm³/mol. The lowest BCUT2D eigenvalue weighted by atomic mass is 9.95. The van der Waals surface area contributed by atoms with E-state index in [-0.39, 0.29) is 30.0 Å². The molecule has 10 nitrogen and oxygen atoms in total. The molecule has 46 heavy (non-hydrogen) atoms. The van der Waals surface area contributed by atoms with Crippen molar-refractivity contribution in [1.29, 1.82) is 0 Å². The summed E-state index contributed by atoms with van der Waals surface area (Å²) in [5, 5.41) is 9.58. The summed E-state index contributed by atoms with van der Waals surface area (Å²) in [5.74, 6) is 0.382. The number of rotatable bonds is 9. The van der Waals surface area contributed by atoms with E-state index in [4.69, 9.17) is 28.9 Å². The quantitative estimate of drug-likeness (QED) is 0.276. The Bertz CT molecular complexity index is 1850. The van der Waals surface area contributed by atoms with Crippen LogP contribution in [-0.2, 0) is 40.5 Å². The molecule has 0 aliphatic carbocycles. The van der Waals surface area contributed by atoms with E-state index in [1.807, 2.05) is 18.2 Å². The zero-order chi connectivity index (χ0) is 31.2. The monoisotopic (exact) mass is 626 g/mol. The number of hydrogen-bond acceptors (Lipinski definition) is 8. The molecule has 0 bridgehead atoms. The van der Waals surface area contributed by atoms with Crippen molar-refractivity contribution in [3.8, 4) is 5.88 Å². The van der Waals surface area contributed by atoms with E-state index in [9.17, 15) is 14.3 Å². The zero-order valence-electron chi connectivity index (χ0n) is 25.4. The number of aromatic carboxylic acids is 1. The van der Waals surface area contributed by atoms with Crippen molar-refractivity contribution in [3.05, 3.63) is 93.7 Å². The van der Waals surface area contributed by atoms with Gasteiger partial charge in [0.2, 0.25) is 5.88 Å². The first-order valence-corrected chi connectivity index (χ1v) is 15.8. The van der Waals surface area contributed by atoms with Gasteiger partial charge in [-0.3, -0.25) is 4.90 Å². The minimum absolute atomic E-state index is 0.0934. The molecule has 0 saturated carbocycles. The molecule has 1 N–H and O–H groups in total. The van der Waals surface area contributed by atoms with Crippen molar-refractivity contribution in [1.82, 2.24) is 19.4 Å². The van der Waals surface area contributed by atoms with Crippen molar-refractivity contribution in [2.24, 2.45) is 0 Å². The molecule has 0 amide bonds. The fourth-order valence-electron chi connectivity index (χ4n) is 6.63. The Hall–Kier alpha value is -4.16. The standard InChI is InChI=1S/C35H35FN4O6/c36-29-11-21(26-18-44-19-26)1-2-23(29)20-46-33-6-4-24-16-43-17-25-13-39(9-7-28(25)34(24)38-33)15-32-37-30-5-3-22(35(41)42)12-31(30)40(32)14-27-8-10-45-27/h1-6,11-12,26-27H,7-10,13-20H2,(H,41,42)/t27-/m0/s1. The summed E-state index contributed by atoms with van der Waals surface area (Å²) < 4.78 is 40.0. The van der Waals surface area contributed by atoms with Crippen LogP contribution in [0.3, 0.4) is 0 Å². The minimum atomic E-state index is -0.955. The summed E-state index contributed by atoms with van der Waals surface area (Å²) >= 11 is 0. The average Bonchev–Trinajstić information content (AvgIpc) is 3.22. The third-order valence-corrected chi connectivity index (χ3v) is 9.47. The van der Waals surface area contributed by atoms with Gasteiger partial charge in [-0.25, -0.2) is 19.2 Å². The molecule has 2 aromatic heterocycles. The fourth-order valence-corrected chi connectivity index (χ4v) is 6.63. The van der Waals surface area contributed by atoms with Crippen LogP contribution in [0.2, 0.25) is 0 Å². The lowest BCUT2D eigenvalue weighted by Crippen LogP contribution is -2.35. The highest BCUT2D eigenvalue weighted by atomic mass is 19.1. The third-order valence-electron chi connectivity index (χ3n) is 9.47. The molecule has 0 spiro atoms. The number of carboxylic acids is 1. The van der Waals surface area contributed by atoms with Crippen molar-refractivity contribution in [2.45, 2.75) is 51.2 Å². The number of aromatic nitrogens is 3. The molecule has 4 aliphatic rings. The van der Waals surface area contributed by atoms with Crippen LogP contribution in [0.25, 0.3) is 16.6 Å². The molecule has 4 aromatic rings. The normalized spacial score (nSPS) is 20.1. The molecule has 6 heterocycles.